The van der Waals surface area contributed by atoms with Crippen LogP contribution in [0.1, 0.15) is 11.1 Å². The molecule has 0 N–H and O–H groups in total. The Balaban J connectivity index is 2.55. The highest BCUT2D eigenvalue weighted by Gasteiger charge is 2.43. The van der Waals surface area contributed by atoms with Gasteiger partial charge < -0.3 is 9.47 Å². The SMILES string of the molecule is COc1cc(C)c(Cl)cc1C1(C#N)COC1. The molecular formula is C12H12ClNO2. The molecule has 3 nitrogen and oxygen atoms in total. The van der Waals surface area contributed by atoms with Gasteiger partial charge in [0.25, 0.3) is 0 Å². The lowest BCUT2D eigenvalue weighted by Gasteiger charge is -2.36. The maximum atomic E-state index is 9.24. The number of aryl methyl sites for hydroxylation is 1. The number of methoxy groups -OCH3 is 1. The molecule has 1 aliphatic rings. The van der Waals surface area contributed by atoms with Gasteiger partial charge in [0.1, 0.15) is 11.2 Å². The van der Waals surface area contributed by atoms with Gasteiger partial charge in [-0.2, -0.15) is 5.26 Å². The van der Waals surface area contributed by atoms with Gasteiger partial charge in [-0.1, -0.05) is 11.6 Å². The summed E-state index contributed by atoms with van der Waals surface area (Å²) in [6.45, 7) is 2.71. The van der Waals surface area contributed by atoms with Crippen LogP contribution in [-0.2, 0) is 10.2 Å². The first-order valence-corrected chi connectivity index (χ1v) is 5.34. The second-order valence-corrected chi connectivity index (χ2v) is 4.40. The lowest BCUT2D eigenvalue weighted by Crippen LogP contribution is -2.45. The molecule has 0 saturated carbocycles. The first-order chi connectivity index (χ1) is 7.63. The van der Waals surface area contributed by atoms with Crippen LogP contribution in [0.15, 0.2) is 12.1 Å². The fourth-order valence-electron chi connectivity index (χ4n) is 1.78. The summed E-state index contributed by atoms with van der Waals surface area (Å²) in [5.74, 6) is 0.701. The van der Waals surface area contributed by atoms with Crippen LogP contribution in [0.2, 0.25) is 5.02 Å². The molecule has 0 spiro atoms. The largest absolute Gasteiger partial charge is 0.496 e. The highest BCUT2D eigenvalue weighted by atomic mass is 35.5. The first kappa shape index (κ1) is 11.3. The van der Waals surface area contributed by atoms with E-state index in [0.29, 0.717) is 24.0 Å². The van der Waals surface area contributed by atoms with Crippen molar-refractivity contribution in [3.05, 3.63) is 28.3 Å². The van der Waals surface area contributed by atoms with Gasteiger partial charge in [-0.15, -0.1) is 0 Å². The molecule has 0 radical (unpaired) electrons. The zero-order valence-electron chi connectivity index (χ0n) is 9.21. The van der Waals surface area contributed by atoms with Crippen molar-refractivity contribution in [2.24, 2.45) is 0 Å². The predicted molar refractivity (Wildman–Crippen MR) is 60.9 cm³/mol. The van der Waals surface area contributed by atoms with Gasteiger partial charge in [0.2, 0.25) is 0 Å². The normalized spacial score (nSPS) is 17.4. The quantitative estimate of drug-likeness (QED) is 0.794. The van der Waals surface area contributed by atoms with Crippen molar-refractivity contribution in [1.29, 1.82) is 5.26 Å². The third-order valence-corrected chi connectivity index (χ3v) is 3.31. The fraction of sp³-hybridized carbons (Fsp3) is 0.417. The summed E-state index contributed by atoms with van der Waals surface area (Å²) in [6.07, 6.45) is 0. The highest BCUT2D eigenvalue weighted by Crippen LogP contribution is 2.39. The van der Waals surface area contributed by atoms with E-state index in [2.05, 4.69) is 6.07 Å². The predicted octanol–water partition coefficient (Wildman–Crippen LogP) is 2.45. The average molecular weight is 238 g/mol. The van der Waals surface area contributed by atoms with Crippen LogP contribution in [0, 0.1) is 18.3 Å². The lowest BCUT2D eigenvalue weighted by atomic mass is 9.79. The molecule has 0 aromatic heterocycles. The fourth-order valence-corrected chi connectivity index (χ4v) is 1.95. The second-order valence-electron chi connectivity index (χ2n) is 3.99. The average Bonchev–Trinajstić information content (AvgIpc) is 2.22. The first-order valence-electron chi connectivity index (χ1n) is 4.96. The van der Waals surface area contributed by atoms with Crippen molar-refractivity contribution in [2.75, 3.05) is 20.3 Å². The van der Waals surface area contributed by atoms with Crippen LogP contribution >= 0.6 is 11.6 Å². The molecule has 4 heteroatoms. The second kappa shape index (κ2) is 3.97. The molecule has 1 aliphatic heterocycles. The molecule has 0 bridgehead atoms. The zero-order valence-corrected chi connectivity index (χ0v) is 9.97. The summed E-state index contributed by atoms with van der Waals surface area (Å²) >= 11 is 6.08. The summed E-state index contributed by atoms with van der Waals surface area (Å²) in [6, 6.07) is 5.95. The van der Waals surface area contributed by atoms with Gasteiger partial charge in [0, 0.05) is 10.6 Å². The maximum Gasteiger partial charge on any atom is 0.132 e. The van der Waals surface area contributed by atoms with E-state index in [1.165, 1.54) is 0 Å². The summed E-state index contributed by atoms with van der Waals surface area (Å²) in [5.41, 5.74) is 1.16. The summed E-state index contributed by atoms with van der Waals surface area (Å²) < 4.78 is 10.4. The van der Waals surface area contributed by atoms with Crippen molar-refractivity contribution in [3.8, 4) is 11.8 Å². The van der Waals surface area contributed by atoms with Crippen LogP contribution in [-0.4, -0.2) is 20.3 Å². The van der Waals surface area contributed by atoms with Crippen molar-refractivity contribution < 1.29 is 9.47 Å². The van der Waals surface area contributed by atoms with E-state index in [1.54, 1.807) is 7.11 Å². The number of nitrogens with zero attached hydrogens (tertiary/aromatic N) is 1. The smallest absolute Gasteiger partial charge is 0.132 e. The molecular weight excluding hydrogens is 226 g/mol. The van der Waals surface area contributed by atoms with Crippen LogP contribution in [0.25, 0.3) is 0 Å². The lowest BCUT2D eigenvalue weighted by molar-refractivity contribution is -0.0307. The van der Waals surface area contributed by atoms with E-state index in [0.717, 1.165) is 11.1 Å². The monoisotopic (exact) mass is 237 g/mol. The molecule has 16 heavy (non-hydrogen) atoms. The Kier molecular flexibility index (Phi) is 2.79. The molecule has 0 amide bonds. The molecule has 0 unspecified atom stereocenters. The van der Waals surface area contributed by atoms with E-state index in [9.17, 15) is 5.26 Å². The summed E-state index contributed by atoms with van der Waals surface area (Å²) in [4.78, 5) is 0. The number of hydrogen-bond donors (Lipinski definition) is 0. The van der Waals surface area contributed by atoms with Gasteiger partial charge >= 0.3 is 0 Å². The highest BCUT2D eigenvalue weighted by molar-refractivity contribution is 6.31. The summed E-state index contributed by atoms with van der Waals surface area (Å²) in [7, 11) is 1.59. The zero-order chi connectivity index (χ0) is 11.8. The molecule has 1 fully saturated rings. The van der Waals surface area contributed by atoms with Crippen molar-refractivity contribution >= 4 is 11.6 Å². The number of rotatable bonds is 2. The number of benzene rings is 1. The van der Waals surface area contributed by atoms with Gasteiger partial charge in [-0.3, -0.25) is 0 Å². The van der Waals surface area contributed by atoms with Crippen molar-refractivity contribution in [2.45, 2.75) is 12.3 Å². The molecule has 1 aromatic carbocycles. The van der Waals surface area contributed by atoms with Gasteiger partial charge in [-0.25, -0.2) is 0 Å². The Labute approximate surface area is 99.5 Å². The van der Waals surface area contributed by atoms with Crippen LogP contribution in [0.4, 0.5) is 0 Å². The van der Waals surface area contributed by atoms with Crippen LogP contribution < -0.4 is 4.74 Å². The minimum absolute atomic E-state index is 0.402. The number of halogens is 1. The van der Waals surface area contributed by atoms with E-state index < -0.39 is 5.41 Å². The Hall–Kier alpha value is -1.24. The molecule has 1 saturated heterocycles. The maximum absolute atomic E-state index is 9.24. The Morgan fingerprint density at radius 1 is 1.50 bits per heavy atom. The Morgan fingerprint density at radius 3 is 2.62 bits per heavy atom. The van der Waals surface area contributed by atoms with E-state index in [1.807, 2.05) is 19.1 Å². The van der Waals surface area contributed by atoms with Gasteiger partial charge in [0.15, 0.2) is 0 Å². The topological polar surface area (TPSA) is 42.2 Å². The Morgan fingerprint density at radius 2 is 2.19 bits per heavy atom. The standard InChI is InChI=1S/C12H12ClNO2/c1-8-3-11(15-2)9(4-10(8)13)12(5-14)6-16-7-12/h3-4H,6-7H2,1-2H3. The Bertz CT molecular complexity index is 461. The molecule has 84 valence electrons. The third-order valence-electron chi connectivity index (χ3n) is 2.91. The van der Waals surface area contributed by atoms with Crippen molar-refractivity contribution in [3.63, 3.8) is 0 Å². The van der Waals surface area contributed by atoms with Crippen LogP contribution in [0.3, 0.4) is 0 Å². The minimum atomic E-state index is -0.595. The van der Waals surface area contributed by atoms with E-state index >= 15 is 0 Å². The molecule has 2 rings (SSSR count). The number of nitriles is 1. The number of hydrogen-bond acceptors (Lipinski definition) is 3. The molecule has 0 atom stereocenters. The van der Waals surface area contributed by atoms with E-state index in [-0.39, 0.29) is 0 Å². The van der Waals surface area contributed by atoms with Crippen LogP contribution in [0.5, 0.6) is 5.75 Å². The van der Waals surface area contributed by atoms with Gasteiger partial charge in [-0.05, 0) is 24.6 Å². The number of ether oxygens (including phenoxy) is 2. The van der Waals surface area contributed by atoms with Gasteiger partial charge in [0.05, 0.1) is 26.4 Å². The molecule has 1 aromatic rings. The molecule has 1 heterocycles. The third kappa shape index (κ3) is 1.55. The molecule has 0 aliphatic carbocycles. The minimum Gasteiger partial charge on any atom is -0.496 e. The van der Waals surface area contributed by atoms with E-state index in [4.69, 9.17) is 21.1 Å². The van der Waals surface area contributed by atoms with Crippen molar-refractivity contribution in [1.82, 2.24) is 0 Å². The summed E-state index contributed by atoms with van der Waals surface area (Å²) in [5, 5.41) is 9.89.